The monoisotopic (exact) mass is 450 g/mol. The third kappa shape index (κ3) is 3.41. The number of aromatic nitrogens is 3. The second-order valence-electron chi connectivity index (χ2n) is 6.42. The Morgan fingerprint density at radius 3 is 2.30 bits per heavy atom. The molecule has 0 bridgehead atoms. The summed E-state index contributed by atoms with van der Waals surface area (Å²) in [5, 5.41) is 15.6. The van der Waals surface area contributed by atoms with E-state index in [9.17, 15) is 13.9 Å². The largest absolute Gasteiger partial charge is 0.357 e. The Kier molecular flexibility index (Phi) is 5.42. The number of fused-ring (bicyclic) bond motifs is 3. The van der Waals surface area contributed by atoms with Gasteiger partial charge in [-0.25, -0.2) is 13.8 Å². The molecule has 0 saturated heterocycles. The van der Waals surface area contributed by atoms with Gasteiger partial charge in [0, 0.05) is 53.6 Å². The van der Waals surface area contributed by atoms with E-state index in [2.05, 4.69) is 25.0 Å². The molecule has 6 nitrogen and oxygen atoms in total. The van der Waals surface area contributed by atoms with Crippen LogP contribution < -0.4 is 5.32 Å². The van der Waals surface area contributed by atoms with E-state index in [1.54, 1.807) is 36.9 Å². The average Bonchev–Trinajstić information content (AvgIpc) is 2.75. The van der Waals surface area contributed by atoms with Crippen molar-refractivity contribution in [3.05, 3.63) is 64.7 Å². The van der Waals surface area contributed by atoms with E-state index in [0.29, 0.717) is 11.3 Å². The minimum absolute atomic E-state index is 0.00690. The van der Waals surface area contributed by atoms with E-state index in [-0.39, 0.29) is 21.3 Å². The van der Waals surface area contributed by atoms with Crippen molar-refractivity contribution in [3.8, 4) is 0 Å². The lowest BCUT2D eigenvalue weighted by molar-refractivity contribution is -0.265. The first-order chi connectivity index (χ1) is 14.3. The van der Waals surface area contributed by atoms with Crippen molar-refractivity contribution >= 4 is 56.4 Å². The number of rotatable bonds is 5. The molecule has 3 aromatic heterocycles. The molecule has 1 unspecified atom stereocenters. The van der Waals surface area contributed by atoms with Gasteiger partial charge in [-0.15, -0.1) is 0 Å². The van der Waals surface area contributed by atoms with Crippen LogP contribution in [-0.2, 0) is 10.5 Å². The molecule has 154 valence electrons. The van der Waals surface area contributed by atoms with Gasteiger partial charge >= 0.3 is 0 Å². The van der Waals surface area contributed by atoms with Crippen LogP contribution >= 0.6 is 23.2 Å². The third-order valence-corrected chi connectivity index (χ3v) is 5.30. The minimum atomic E-state index is -3.21. The maximum Gasteiger partial charge on any atom is 0.295 e. The Labute approximate surface area is 179 Å². The van der Waals surface area contributed by atoms with Crippen LogP contribution in [0, 0.1) is 0 Å². The molecule has 30 heavy (non-hydrogen) atoms. The number of nitrogens with one attached hydrogen (secondary N) is 1. The van der Waals surface area contributed by atoms with Crippen molar-refractivity contribution in [3.63, 3.8) is 0 Å². The van der Waals surface area contributed by atoms with E-state index < -0.39 is 12.2 Å². The summed E-state index contributed by atoms with van der Waals surface area (Å²) in [6.45, 7) is 0. The predicted molar refractivity (Wildman–Crippen MR) is 111 cm³/mol. The average molecular weight is 451 g/mol. The van der Waals surface area contributed by atoms with Crippen LogP contribution in [0.4, 0.5) is 20.3 Å². The molecule has 0 aliphatic heterocycles. The lowest BCUT2D eigenvalue weighted by Gasteiger charge is -2.26. The molecule has 10 heteroatoms. The van der Waals surface area contributed by atoms with Gasteiger partial charge in [0.15, 0.2) is 0 Å². The van der Waals surface area contributed by atoms with E-state index >= 15 is 0 Å². The summed E-state index contributed by atoms with van der Waals surface area (Å²) in [6.07, 6.45) is 3.41. The van der Waals surface area contributed by atoms with E-state index in [4.69, 9.17) is 23.2 Å². The fraction of sp³-hybridized carbons (Fsp3) is 0.150. The summed E-state index contributed by atoms with van der Waals surface area (Å²) in [5.74, 6) is -2.39. The van der Waals surface area contributed by atoms with E-state index in [0.717, 1.165) is 23.3 Å². The summed E-state index contributed by atoms with van der Waals surface area (Å²) < 4.78 is 31.2. The molecule has 0 fully saturated rings. The summed E-state index contributed by atoms with van der Waals surface area (Å²) >= 11 is 12.6. The van der Waals surface area contributed by atoms with Gasteiger partial charge in [-0.1, -0.05) is 23.2 Å². The fourth-order valence-electron chi connectivity index (χ4n) is 3.13. The van der Waals surface area contributed by atoms with Gasteiger partial charge < -0.3 is 15.2 Å². The van der Waals surface area contributed by atoms with Gasteiger partial charge in [0.05, 0.1) is 21.2 Å². The van der Waals surface area contributed by atoms with Crippen LogP contribution in [0.3, 0.4) is 0 Å². The molecule has 0 spiro atoms. The van der Waals surface area contributed by atoms with Crippen LogP contribution in [0.15, 0.2) is 49.1 Å². The smallest absolute Gasteiger partial charge is 0.295 e. The molecule has 0 aliphatic rings. The molecule has 2 N–H and O–H groups in total. The summed E-state index contributed by atoms with van der Waals surface area (Å²) in [7, 11) is 0.966. The summed E-state index contributed by atoms with van der Waals surface area (Å²) in [4.78, 5) is 12.9. The zero-order valence-electron chi connectivity index (χ0n) is 15.4. The van der Waals surface area contributed by atoms with Crippen LogP contribution in [0.1, 0.15) is 5.56 Å². The first kappa shape index (κ1) is 20.6. The summed E-state index contributed by atoms with van der Waals surface area (Å²) in [5.41, 5.74) is 0.643. The van der Waals surface area contributed by atoms with Crippen LogP contribution in [0.2, 0.25) is 10.0 Å². The number of ether oxygens (including phenoxy) is 1. The number of benzene rings is 1. The minimum Gasteiger partial charge on any atom is -0.357 e. The van der Waals surface area contributed by atoms with Gasteiger partial charge in [0.25, 0.3) is 12.2 Å². The SMILES string of the molecule is COC(O)(c1cc(Cl)c(Nc2nc3ccncc3c3cnccc23)c(Cl)c1)C(F)F. The van der Waals surface area contributed by atoms with Crippen LogP contribution in [0.25, 0.3) is 21.7 Å². The highest BCUT2D eigenvalue weighted by Gasteiger charge is 2.41. The van der Waals surface area contributed by atoms with Gasteiger partial charge in [-0.2, -0.15) is 0 Å². The van der Waals surface area contributed by atoms with Crippen molar-refractivity contribution < 1.29 is 18.6 Å². The van der Waals surface area contributed by atoms with E-state index in [1.807, 2.05) is 0 Å². The highest BCUT2D eigenvalue weighted by atomic mass is 35.5. The number of hydrogen-bond donors (Lipinski definition) is 2. The number of anilines is 2. The lowest BCUT2D eigenvalue weighted by Crippen LogP contribution is -2.36. The van der Waals surface area contributed by atoms with Gasteiger partial charge in [0.2, 0.25) is 0 Å². The number of halogens is 4. The highest BCUT2D eigenvalue weighted by Crippen LogP contribution is 2.40. The van der Waals surface area contributed by atoms with Crippen molar-refractivity contribution in [2.75, 3.05) is 12.4 Å². The molecule has 0 amide bonds. The van der Waals surface area contributed by atoms with Crippen molar-refractivity contribution in [1.82, 2.24) is 15.0 Å². The number of alkyl halides is 2. The molecule has 0 aliphatic carbocycles. The first-order valence-corrected chi connectivity index (χ1v) is 9.40. The summed E-state index contributed by atoms with van der Waals surface area (Å²) in [6, 6.07) is 5.86. The Morgan fingerprint density at radius 2 is 1.67 bits per heavy atom. The van der Waals surface area contributed by atoms with Gasteiger partial charge in [0.1, 0.15) is 5.82 Å². The van der Waals surface area contributed by atoms with Crippen molar-refractivity contribution in [1.29, 1.82) is 0 Å². The number of nitrogens with zero attached hydrogens (tertiary/aromatic N) is 3. The third-order valence-electron chi connectivity index (χ3n) is 4.70. The standard InChI is InChI=1S/C20H14Cl2F2N4O2/c1-30-20(29,19(23)24)10-6-14(21)17(15(22)7-10)28-18-11-2-4-25-8-12(11)13-9-26-5-3-16(13)27-18/h2-9,19,29H,1H3,(H,27,28). The lowest BCUT2D eigenvalue weighted by atomic mass is 10.1. The highest BCUT2D eigenvalue weighted by molar-refractivity contribution is 6.39. The Bertz CT molecular complexity index is 1240. The van der Waals surface area contributed by atoms with Crippen molar-refractivity contribution in [2.24, 2.45) is 0 Å². The second kappa shape index (κ2) is 7.88. The van der Waals surface area contributed by atoms with Crippen molar-refractivity contribution in [2.45, 2.75) is 12.2 Å². The molecular weight excluding hydrogens is 437 g/mol. The molecule has 0 saturated carbocycles. The Balaban J connectivity index is 1.84. The maximum absolute atomic E-state index is 13.3. The quantitative estimate of drug-likeness (QED) is 0.317. The molecule has 0 radical (unpaired) electrons. The van der Waals surface area contributed by atoms with Gasteiger partial charge in [-0.05, 0) is 24.3 Å². The zero-order chi connectivity index (χ0) is 21.5. The predicted octanol–water partition coefficient (Wildman–Crippen LogP) is 5.29. The molecule has 1 aromatic carbocycles. The second-order valence-corrected chi connectivity index (χ2v) is 7.23. The normalized spacial score (nSPS) is 13.7. The molecule has 4 rings (SSSR count). The molecule has 1 atom stereocenters. The number of aliphatic hydroxyl groups is 1. The maximum atomic E-state index is 13.3. The topological polar surface area (TPSA) is 80.2 Å². The Hall–Kier alpha value is -2.65. The zero-order valence-corrected chi connectivity index (χ0v) is 16.9. The molecular formula is C20H14Cl2F2N4O2. The van der Waals surface area contributed by atoms with E-state index in [1.165, 1.54) is 12.1 Å². The first-order valence-electron chi connectivity index (χ1n) is 8.65. The molecule has 3 heterocycles. The fourth-order valence-corrected chi connectivity index (χ4v) is 3.72. The number of hydrogen-bond acceptors (Lipinski definition) is 6. The number of pyridine rings is 3. The van der Waals surface area contributed by atoms with Crippen LogP contribution in [0.5, 0.6) is 0 Å². The molecule has 4 aromatic rings. The number of methoxy groups -OCH3 is 1. The Morgan fingerprint density at radius 1 is 1.03 bits per heavy atom. The van der Waals surface area contributed by atoms with Gasteiger partial charge in [-0.3, -0.25) is 9.97 Å². The van der Waals surface area contributed by atoms with Crippen LogP contribution in [-0.4, -0.2) is 33.6 Å².